The van der Waals surface area contributed by atoms with E-state index in [1.54, 1.807) is 23.3 Å². The van der Waals surface area contributed by atoms with E-state index < -0.39 is 0 Å². The molecule has 0 spiro atoms. The second kappa shape index (κ2) is 13.6. The molecule has 0 N–H and O–H groups in total. The molecular weight excluding hydrogens is 394 g/mol. The van der Waals surface area contributed by atoms with Gasteiger partial charge in [0.05, 0.1) is 0 Å². The molecule has 21 heavy (non-hydrogen) atoms. The number of benzene rings is 1. The van der Waals surface area contributed by atoms with Crippen LogP contribution in [-0.2, 0) is 23.3 Å². The summed E-state index contributed by atoms with van der Waals surface area (Å²) in [6.45, 7) is 6.68. The van der Waals surface area contributed by atoms with E-state index in [1.807, 2.05) is 0 Å². The van der Waals surface area contributed by atoms with Crippen LogP contribution in [-0.4, -0.2) is 5.43 Å². The molecule has 0 bridgehead atoms. The van der Waals surface area contributed by atoms with Crippen LogP contribution in [0.1, 0.15) is 13.3 Å². The molecule has 112 valence electrons. The number of halogens is 2. The van der Waals surface area contributed by atoms with Gasteiger partial charge in [0.15, 0.2) is 0 Å². The van der Waals surface area contributed by atoms with Crippen LogP contribution >= 0.6 is 24.8 Å². The maximum absolute atomic E-state index is 3.12. The van der Waals surface area contributed by atoms with E-state index in [0.29, 0.717) is 0 Å². The maximum Gasteiger partial charge on any atom is -0.0809 e. The van der Waals surface area contributed by atoms with Gasteiger partial charge in [-0.05, 0) is 0 Å². The first-order chi connectivity index (χ1) is 9.09. The third-order valence-corrected chi connectivity index (χ3v) is 2.41. The molecule has 0 aromatic heterocycles. The molecule has 0 unspecified atom stereocenters. The molecule has 0 radical (unpaired) electrons. The first-order valence-corrected chi connectivity index (χ1v) is 12.6. The van der Waals surface area contributed by atoms with Crippen molar-refractivity contribution < 1.29 is 23.3 Å². The van der Waals surface area contributed by atoms with Crippen LogP contribution in [0.4, 0.5) is 0 Å². The van der Waals surface area contributed by atoms with E-state index in [9.17, 15) is 0 Å². The van der Waals surface area contributed by atoms with Crippen molar-refractivity contribution in [1.82, 2.24) is 0 Å². The van der Waals surface area contributed by atoms with Gasteiger partial charge in [-0.3, -0.25) is 6.08 Å². The molecule has 0 amide bonds. The fourth-order valence-electron chi connectivity index (χ4n) is 1.58. The van der Waals surface area contributed by atoms with E-state index in [2.05, 4.69) is 80.7 Å². The van der Waals surface area contributed by atoms with Crippen LogP contribution in [0.5, 0.6) is 0 Å². The third-order valence-electron chi connectivity index (χ3n) is 2.41. The predicted molar refractivity (Wildman–Crippen MR) is 97.7 cm³/mol. The van der Waals surface area contributed by atoms with Crippen molar-refractivity contribution in [2.75, 3.05) is 0 Å². The molecule has 0 fully saturated rings. The van der Waals surface area contributed by atoms with Crippen molar-refractivity contribution in [3.8, 4) is 0 Å². The third kappa shape index (κ3) is 11.2. The quantitative estimate of drug-likeness (QED) is 0.371. The molecule has 0 atom stereocenters. The molecule has 2 aromatic carbocycles. The molecule has 1 aliphatic carbocycles. The van der Waals surface area contributed by atoms with Gasteiger partial charge in [-0.25, -0.2) is 11.6 Å². The summed E-state index contributed by atoms with van der Waals surface area (Å²) in [5, 5.41) is 2.66. The molecule has 0 heterocycles. The van der Waals surface area contributed by atoms with Crippen molar-refractivity contribution in [1.29, 1.82) is 0 Å². The molecule has 2 aromatic rings. The van der Waals surface area contributed by atoms with Crippen LogP contribution in [0.2, 0.25) is 13.1 Å². The summed E-state index contributed by atoms with van der Waals surface area (Å²) in [6, 6.07) is 14.7. The average Bonchev–Trinajstić information content (AvgIpc) is 2.99. The van der Waals surface area contributed by atoms with Crippen LogP contribution in [0.3, 0.4) is 0 Å². The summed E-state index contributed by atoms with van der Waals surface area (Å²) in [4.78, 5) is 0. The Labute approximate surface area is 156 Å². The molecule has 0 nitrogen and oxygen atoms in total. The van der Waals surface area contributed by atoms with Crippen LogP contribution in [0, 0.1) is 6.08 Å². The van der Waals surface area contributed by atoms with Gasteiger partial charge in [-0.2, -0.15) is 23.6 Å². The fraction of sp³-hybridized carbons (Fsp3) is 0.235. The van der Waals surface area contributed by atoms with E-state index in [1.165, 1.54) is 16.3 Å². The van der Waals surface area contributed by atoms with E-state index in [-0.39, 0.29) is 30.2 Å². The van der Waals surface area contributed by atoms with E-state index in [0.717, 1.165) is 6.42 Å². The van der Waals surface area contributed by atoms with Gasteiger partial charge in [-0.15, -0.1) is 60.9 Å². The Balaban J connectivity index is 0. The van der Waals surface area contributed by atoms with Gasteiger partial charge < -0.3 is 0 Å². The number of fused-ring (bicyclic) bond motifs is 1. The van der Waals surface area contributed by atoms with Gasteiger partial charge in [0.25, 0.3) is 0 Å². The van der Waals surface area contributed by atoms with Gasteiger partial charge in [0.2, 0.25) is 0 Å². The Morgan fingerprint density at radius 3 is 2.19 bits per heavy atom. The fourth-order valence-corrected chi connectivity index (χ4v) is 1.58. The van der Waals surface area contributed by atoms with Crippen LogP contribution < -0.4 is 0 Å². The molecule has 1 aliphatic rings. The molecule has 3 rings (SSSR count). The standard InChI is InChI=1S/C9H7.C6H7.C2H6Si.2ClH.Zr/c1-2-5-9-7-3-6-8(9)4-1;1-6-4-2-3-5-6;1-3-2;;;/h1-7H;2,4H,3H2,1H3;1-2H3;2*1H;/q2*-1;;;;+2. The van der Waals surface area contributed by atoms with Crippen molar-refractivity contribution in [2.45, 2.75) is 26.4 Å². The minimum atomic E-state index is 0. The molecule has 4 heteroatoms. The smallest absolute Gasteiger partial charge is 0.0809 e. The monoisotopic (exact) mass is 414 g/mol. The Kier molecular flexibility index (Phi) is 15.1. The minimum Gasteiger partial charge on any atom is -0.168 e. The largest absolute Gasteiger partial charge is 0.168 e. The molecule has 0 saturated heterocycles. The zero-order valence-corrected chi connectivity index (χ0v) is 17.8. The summed E-state index contributed by atoms with van der Waals surface area (Å²) in [6.07, 6.45) is 8.33. The number of hydrogen-bond donors (Lipinski definition) is 0. The first-order valence-electron chi connectivity index (χ1n) is 6.46. The summed E-state index contributed by atoms with van der Waals surface area (Å²) < 4.78 is 0. The molecule has 0 saturated carbocycles. The molecular formula is C17H22Cl2SiZr. The summed E-state index contributed by atoms with van der Waals surface area (Å²) in [5.74, 6) is 0. The Morgan fingerprint density at radius 2 is 1.76 bits per heavy atom. The topological polar surface area (TPSA) is 0 Å². The maximum atomic E-state index is 3.12. The number of allylic oxidation sites excluding steroid dienone is 4. The van der Waals surface area contributed by atoms with Crippen molar-refractivity contribution in [3.05, 3.63) is 66.3 Å². The second-order valence-electron chi connectivity index (χ2n) is 4.62. The summed E-state index contributed by atoms with van der Waals surface area (Å²) in [7, 11) is 0. The van der Waals surface area contributed by atoms with Crippen LogP contribution in [0.15, 0.2) is 60.2 Å². The van der Waals surface area contributed by atoms with Gasteiger partial charge in [0, 0.05) is 0 Å². The minimum absolute atomic E-state index is 0. The molecule has 0 aliphatic heterocycles. The van der Waals surface area contributed by atoms with Crippen molar-refractivity contribution in [2.24, 2.45) is 0 Å². The normalized spacial score (nSPS) is 11.0. The van der Waals surface area contributed by atoms with Crippen LogP contribution in [0.25, 0.3) is 10.8 Å². The Bertz CT molecular complexity index is 548. The SMILES string of the molecule is CC1=[C-]CC=C1.C[Si](C)=[Zr+2].Cl.Cl.c1ccc2[cH-]ccc2c1. The van der Waals surface area contributed by atoms with E-state index in [4.69, 9.17) is 0 Å². The summed E-state index contributed by atoms with van der Waals surface area (Å²) >= 11 is 1.74. The average molecular weight is 417 g/mol. The van der Waals surface area contributed by atoms with Crippen molar-refractivity contribution in [3.63, 3.8) is 0 Å². The predicted octanol–water partition coefficient (Wildman–Crippen LogP) is 5.88. The second-order valence-corrected chi connectivity index (χ2v) is 14.0. The van der Waals surface area contributed by atoms with E-state index >= 15 is 0 Å². The van der Waals surface area contributed by atoms with Gasteiger partial charge >= 0.3 is 41.9 Å². The Morgan fingerprint density at radius 1 is 1.14 bits per heavy atom. The van der Waals surface area contributed by atoms with Gasteiger partial charge in [0.1, 0.15) is 0 Å². The van der Waals surface area contributed by atoms with Gasteiger partial charge in [-0.1, -0.05) is 13.0 Å². The zero-order valence-electron chi connectivity index (χ0n) is 12.7. The number of rotatable bonds is 0. The number of hydrogen-bond acceptors (Lipinski definition) is 0. The summed E-state index contributed by atoms with van der Waals surface area (Å²) in [5.41, 5.74) is 1.48. The Hall–Kier alpha value is -0.0100. The first kappa shape index (κ1) is 23.3. The zero-order chi connectivity index (χ0) is 14.1. The van der Waals surface area contributed by atoms with Crippen molar-refractivity contribution >= 4 is 41.0 Å².